The molecule has 0 amide bonds. The fourth-order valence-corrected chi connectivity index (χ4v) is 1.93. The molecule has 5 heteroatoms. The van der Waals surface area contributed by atoms with Crippen LogP contribution >= 0.6 is 0 Å². The minimum atomic E-state index is -0.683. The first kappa shape index (κ1) is 12.8. The third-order valence-corrected chi connectivity index (χ3v) is 2.91. The second-order valence-corrected chi connectivity index (χ2v) is 4.30. The largest absolute Gasteiger partial charge is 0.462 e. The van der Waals surface area contributed by atoms with E-state index >= 15 is 0 Å². The van der Waals surface area contributed by atoms with Gasteiger partial charge in [-0.05, 0) is 31.0 Å². The fourth-order valence-electron chi connectivity index (χ4n) is 1.93. The van der Waals surface area contributed by atoms with E-state index < -0.39 is 11.8 Å². The Kier molecular flexibility index (Phi) is 4.15. The number of anilines is 1. The lowest BCUT2D eigenvalue weighted by molar-refractivity contribution is 0.0381. The maximum atomic E-state index is 13.4. The number of hydrogen-bond acceptors (Lipinski definition) is 4. The maximum Gasteiger partial charge on any atom is 0.341 e. The second-order valence-electron chi connectivity index (χ2n) is 4.30. The molecule has 1 unspecified atom stereocenters. The number of nitrogen functional groups attached to an aromatic ring is 1. The van der Waals surface area contributed by atoms with E-state index in [9.17, 15) is 9.18 Å². The molecule has 1 aromatic carbocycles. The summed E-state index contributed by atoms with van der Waals surface area (Å²) >= 11 is 0. The number of ether oxygens (including phenoxy) is 2. The topological polar surface area (TPSA) is 61.6 Å². The number of halogens is 1. The molecule has 98 valence electrons. The lowest BCUT2D eigenvalue weighted by atomic mass is 10.2. The number of carbonyl (C=O) groups is 1. The van der Waals surface area contributed by atoms with Gasteiger partial charge >= 0.3 is 5.97 Å². The van der Waals surface area contributed by atoms with Crippen molar-refractivity contribution in [2.24, 2.45) is 0 Å². The highest BCUT2D eigenvalue weighted by atomic mass is 19.1. The number of rotatable bonds is 4. The number of esters is 1. The molecule has 1 saturated heterocycles. The standard InChI is InChI=1S/C13H16FNO3/c14-12-4-3-9(15)8-11(12)13(16)18-7-5-10-2-1-6-17-10/h3-4,8,10H,1-2,5-7,15H2. The average molecular weight is 253 g/mol. The van der Waals surface area contributed by atoms with Gasteiger partial charge in [-0.1, -0.05) is 0 Å². The maximum absolute atomic E-state index is 13.4. The minimum Gasteiger partial charge on any atom is -0.462 e. The van der Waals surface area contributed by atoms with E-state index in [4.69, 9.17) is 15.2 Å². The lowest BCUT2D eigenvalue weighted by Crippen LogP contribution is -2.14. The second kappa shape index (κ2) is 5.82. The van der Waals surface area contributed by atoms with Crippen LogP contribution in [-0.4, -0.2) is 25.3 Å². The highest BCUT2D eigenvalue weighted by Crippen LogP contribution is 2.16. The first-order valence-electron chi connectivity index (χ1n) is 6.00. The number of benzene rings is 1. The minimum absolute atomic E-state index is 0.123. The Bertz CT molecular complexity index is 430. The summed E-state index contributed by atoms with van der Waals surface area (Å²) in [6.45, 7) is 1.00. The van der Waals surface area contributed by atoms with Crippen LogP contribution in [0.3, 0.4) is 0 Å². The molecule has 0 saturated carbocycles. The Hall–Kier alpha value is -1.62. The molecule has 0 aliphatic carbocycles. The third-order valence-electron chi connectivity index (χ3n) is 2.91. The molecular weight excluding hydrogens is 237 g/mol. The van der Waals surface area contributed by atoms with Crippen LogP contribution < -0.4 is 5.73 Å². The van der Waals surface area contributed by atoms with Gasteiger partial charge in [-0.2, -0.15) is 0 Å². The van der Waals surface area contributed by atoms with Crippen molar-refractivity contribution in [2.75, 3.05) is 18.9 Å². The summed E-state index contributed by atoms with van der Waals surface area (Å²) < 4.78 is 23.8. The predicted molar refractivity (Wildman–Crippen MR) is 64.7 cm³/mol. The van der Waals surface area contributed by atoms with E-state index in [0.717, 1.165) is 25.5 Å². The Labute approximate surface area is 105 Å². The molecule has 4 nitrogen and oxygen atoms in total. The smallest absolute Gasteiger partial charge is 0.341 e. The van der Waals surface area contributed by atoms with Crippen LogP contribution in [0, 0.1) is 5.82 Å². The summed E-state index contributed by atoms with van der Waals surface area (Å²) in [5, 5.41) is 0. The van der Waals surface area contributed by atoms with Crippen molar-refractivity contribution >= 4 is 11.7 Å². The van der Waals surface area contributed by atoms with Gasteiger partial charge in [-0.25, -0.2) is 9.18 Å². The van der Waals surface area contributed by atoms with Gasteiger partial charge in [0, 0.05) is 18.7 Å². The van der Waals surface area contributed by atoms with Crippen LogP contribution in [0.1, 0.15) is 29.6 Å². The quantitative estimate of drug-likeness (QED) is 0.659. The van der Waals surface area contributed by atoms with Gasteiger partial charge in [0.1, 0.15) is 5.82 Å². The molecule has 0 spiro atoms. The van der Waals surface area contributed by atoms with Gasteiger partial charge in [-0.3, -0.25) is 0 Å². The molecule has 1 fully saturated rings. The van der Waals surface area contributed by atoms with Crippen molar-refractivity contribution in [3.8, 4) is 0 Å². The van der Waals surface area contributed by atoms with Crippen LogP contribution in [0.2, 0.25) is 0 Å². The normalized spacial score (nSPS) is 18.8. The van der Waals surface area contributed by atoms with Crippen LogP contribution in [0.4, 0.5) is 10.1 Å². The Morgan fingerprint density at radius 1 is 1.56 bits per heavy atom. The van der Waals surface area contributed by atoms with Gasteiger partial charge in [-0.15, -0.1) is 0 Å². The number of carbonyl (C=O) groups excluding carboxylic acids is 1. The molecule has 2 rings (SSSR count). The molecule has 1 aliphatic heterocycles. The molecule has 1 aromatic rings. The van der Waals surface area contributed by atoms with E-state index in [0.29, 0.717) is 12.1 Å². The highest BCUT2D eigenvalue weighted by Gasteiger charge is 2.17. The molecule has 0 bridgehead atoms. The Morgan fingerprint density at radius 2 is 2.39 bits per heavy atom. The summed E-state index contributed by atoms with van der Waals surface area (Å²) in [7, 11) is 0. The van der Waals surface area contributed by atoms with Gasteiger partial charge < -0.3 is 15.2 Å². The van der Waals surface area contributed by atoms with Crippen LogP contribution in [0.5, 0.6) is 0 Å². The Balaban J connectivity index is 1.85. The monoisotopic (exact) mass is 253 g/mol. The predicted octanol–water partition coefficient (Wildman–Crippen LogP) is 2.13. The average Bonchev–Trinajstić information content (AvgIpc) is 2.85. The van der Waals surface area contributed by atoms with Gasteiger partial charge in [0.15, 0.2) is 0 Å². The van der Waals surface area contributed by atoms with Crippen molar-refractivity contribution in [3.63, 3.8) is 0 Å². The third kappa shape index (κ3) is 3.20. The van der Waals surface area contributed by atoms with E-state index in [1.54, 1.807) is 0 Å². The lowest BCUT2D eigenvalue weighted by Gasteiger charge is -2.10. The van der Waals surface area contributed by atoms with E-state index in [1.807, 2.05) is 0 Å². The van der Waals surface area contributed by atoms with E-state index in [2.05, 4.69) is 0 Å². The number of hydrogen-bond donors (Lipinski definition) is 1. The first-order chi connectivity index (χ1) is 8.66. The van der Waals surface area contributed by atoms with E-state index in [1.165, 1.54) is 12.1 Å². The van der Waals surface area contributed by atoms with Gasteiger partial charge in [0.2, 0.25) is 0 Å². The van der Waals surface area contributed by atoms with Crippen LogP contribution in [-0.2, 0) is 9.47 Å². The SMILES string of the molecule is Nc1ccc(F)c(C(=O)OCCC2CCCO2)c1. The summed E-state index contributed by atoms with van der Waals surface area (Å²) in [5.74, 6) is -1.30. The first-order valence-corrected chi connectivity index (χ1v) is 6.00. The Morgan fingerprint density at radius 3 is 3.11 bits per heavy atom. The molecule has 18 heavy (non-hydrogen) atoms. The zero-order valence-corrected chi connectivity index (χ0v) is 10.0. The van der Waals surface area contributed by atoms with Crippen molar-refractivity contribution in [3.05, 3.63) is 29.6 Å². The van der Waals surface area contributed by atoms with Gasteiger partial charge in [0.25, 0.3) is 0 Å². The van der Waals surface area contributed by atoms with Crippen LogP contribution in [0.25, 0.3) is 0 Å². The number of nitrogens with two attached hydrogens (primary N) is 1. The summed E-state index contributed by atoms with van der Waals surface area (Å²) in [5.41, 5.74) is 5.71. The zero-order valence-electron chi connectivity index (χ0n) is 10.0. The highest BCUT2D eigenvalue weighted by molar-refractivity contribution is 5.90. The van der Waals surface area contributed by atoms with Crippen LogP contribution in [0.15, 0.2) is 18.2 Å². The molecule has 0 aromatic heterocycles. The van der Waals surface area contributed by atoms with Crippen molar-refractivity contribution in [1.82, 2.24) is 0 Å². The molecule has 0 radical (unpaired) electrons. The molecular formula is C13H16FNO3. The molecule has 2 N–H and O–H groups in total. The fraction of sp³-hybridized carbons (Fsp3) is 0.462. The van der Waals surface area contributed by atoms with Crippen molar-refractivity contribution in [1.29, 1.82) is 0 Å². The van der Waals surface area contributed by atoms with Crippen molar-refractivity contribution < 1.29 is 18.7 Å². The van der Waals surface area contributed by atoms with Gasteiger partial charge in [0.05, 0.1) is 18.3 Å². The summed E-state index contributed by atoms with van der Waals surface area (Å²) in [6.07, 6.45) is 2.84. The molecule has 1 heterocycles. The van der Waals surface area contributed by atoms with E-state index in [-0.39, 0.29) is 18.3 Å². The summed E-state index contributed by atoms with van der Waals surface area (Å²) in [6, 6.07) is 3.84. The molecule has 1 aliphatic rings. The zero-order chi connectivity index (χ0) is 13.0. The summed E-state index contributed by atoms with van der Waals surface area (Å²) in [4.78, 5) is 11.6. The van der Waals surface area contributed by atoms with Crippen molar-refractivity contribution in [2.45, 2.75) is 25.4 Å². The molecule has 1 atom stereocenters.